The van der Waals surface area contributed by atoms with Crippen LogP contribution in [0.4, 0.5) is 0 Å². The SMILES string of the molecule is COc1cc(-c2[o+]c3c(C(C)c4c(O)cc(O)c5c4OC(c4ccc(O)c(O)c4)C(O)C5)c(O)cc(O)c3cc2OC2O[C@H](CO)[C@@H](O)[C@H](O)[C@H]2O)cc(OC)c1O. The van der Waals surface area contributed by atoms with Crippen LogP contribution in [0, 0.1) is 0 Å². The second-order valence-electron chi connectivity index (χ2n) is 14.0. The molecular formula is C40H41O18+. The number of phenolic OH excluding ortho intramolecular Hbond substituents is 7. The molecule has 3 heterocycles. The topological polar surface area (TPSA) is 300 Å². The highest BCUT2D eigenvalue weighted by atomic mass is 16.7. The van der Waals surface area contributed by atoms with E-state index in [2.05, 4.69) is 0 Å². The summed E-state index contributed by atoms with van der Waals surface area (Å²) in [4.78, 5) is 0. The minimum absolute atomic E-state index is 0.00126. The minimum atomic E-state index is -1.87. The van der Waals surface area contributed by atoms with Crippen LogP contribution in [0.2, 0.25) is 0 Å². The first-order valence-electron chi connectivity index (χ1n) is 17.8. The molecule has 1 aromatic heterocycles. The Hall–Kier alpha value is -6.15. The lowest BCUT2D eigenvalue weighted by molar-refractivity contribution is -0.277. The first-order chi connectivity index (χ1) is 27.6. The van der Waals surface area contributed by atoms with Crippen LogP contribution >= 0.6 is 0 Å². The van der Waals surface area contributed by atoms with Crippen molar-refractivity contribution < 1.29 is 89.4 Å². The summed E-state index contributed by atoms with van der Waals surface area (Å²) in [7, 11) is 2.55. The van der Waals surface area contributed by atoms with Crippen LogP contribution in [0.3, 0.4) is 0 Å². The van der Waals surface area contributed by atoms with Crippen molar-refractivity contribution in [1.29, 1.82) is 0 Å². The summed E-state index contributed by atoms with van der Waals surface area (Å²) in [6, 6.07) is 9.75. The summed E-state index contributed by atoms with van der Waals surface area (Å²) in [6.45, 7) is 0.788. The van der Waals surface area contributed by atoms with Gasteiger partial charge in [0.2, 0.25) is 17.8 Å². The number of aromatic hydroxyl groups is 7. The molecule has 2 aliphatic heterocycles. The van der Waals surface area contributed by atoms with Crippen molar-refractivity contribution in [3.05, 3.63) is 70.8 Å². The maximum absolute atomic E-state index is 11.5. The second-order valence-corrected chi connectivity index (χ2v) is 14.0. The van der Waals surface area contributed by atoms with Gasteiger partial charge in [0.1, 0.15) is 70.2 Å². The van der Waals surface area contributed by atoms with E-state index in [4.69, 9.17) is 28.1 Å². The Bertz CT molecular complexity index is 2350. The van der Waals surface area contributed by atoms with Gasteiger partial charge in [-0.15, -0.1) is 0 Å². The van der Waals surface area contributed by atoms with E-state index in [-0.39, 0.29) is 79.7 Å². The molecule has 0 amide bonds. The number of fused-ring (bicyclic) bond motifs is 2. The number of methoxy groups -OCH3 is 2. The molecule has 12 N–H and O–H groups in total. The van der Waals surface area contributed by atoms with Crippen LogP contribution in [0.25, 0.3) is 22.3 Å². The Kier molecular flexibility index (Phi) is 10.6. The Labute approximate surface area is 328 Å². The van der Waals surface area contributed by atoms with E-state index in [1.54, 1.807) is 6.92 Å². The third-order valence-corrected chi connectivity index (χ3v) is 10.4. The van der Waals surface area contributed by atoms with Gasteiger partial charge in [-0.1, -0.05) is 13.0 Å². The molecule has 1 fully saturated rings. The van der Waals surface area contributed by atoms with Crippen LogP contribution in [0.15, 0.2) is 52.9 Å². The van der Waals surface area contributed by atoms with Gasteiger partial charge in [-0.3, -0.25) is 0 Å². The molecule has 7 rings (SSSR count). The Balaban J connectivity index is 1.43. The fraction of sp³-hybridized carbons (Fsp3) is 0.325. The number of hydrogen-bond donors (Lipinski definition) is 12. The summed E-state index contributed by atoms with van der Waals surface area (Å²) < 4.78 is 35.0. The summed E-state index contributed by atoms with van der Waals surface area (Å²) in [5.41, 5.74) is 0.189. The molecule has 4 unspecified atom stereocenters. The van der Waals surface area contributed by atoms with E-state index < -0.39 is 89.9 Å². The number of ether oxygens (including phenoxy) is 5. The standard InChI is InChI=1S/C40H40O18/c1-14(30-23(46)11-20(43)17-9-25(48)36(57-38(17)30)15-4-5-19(42)22(45)6-15)31-24(47)12-21(44)18-10-28(55-40-35(52)34(51)33(50)29(13-41)56-40)37(58-39(18)31)16-7-26(53-2)32(49)27(8-16)54-3/h4-8,10-12,14,25,29,33-36,40-41,48,50-52H,9,13H2,1-3H3,(H6-,42,43,44,45,46,47,49)/p+1/t14?,25?,29-,33-,34+,35-,36?,40?/m1/s1. The van der Waals surface area contributed by atoms with Crippen LogP contribution in [-0.4, -0.2) is 119 Å². The van der Waals surface area contributed by atoms with E-state index in [1.165, 1.54) is 50.6 Å². The molecule has 0 bridgehead atoms. The van der Waals surface area contributed by atoms with Gasteiger partial charge in [0, 0.05) is 53.8 Å². The molecule has 1 saturated heterocycles. The molecule has 18 heteroatoms. The van der Waals surface area contributed by atoms with Crippen molar-refractivity contribution in [3.63, 3.8) is 0 Å². The summed E-state index contributed by atoms with van der Waals surface area (Å²) in [6.07, 6.45) is -11.1. The number of hydrogen-bond acceptors (Lipinski definition) is 17. The maximum Gasteiger partial charge on any atom is 0.402 e. The van der Waals surface area contributed by atoms with Gasteiger partial charge >= 0.3 is 11.3 Å². The Morgan fingerprint density at radius 2 is 1.38 bits per heavy atom. The first kappa shape index (κ1) is 40.1. The number of rotatable bonds is 9. The van der Waals surface area contributed by atoms with Gasteiger partial charge in [-0.2, -0.15) is 0 Å². The number of phenols is 7. The average Bonchev–Trinajstić information content (AvgIpc) is 3.19. The molecule has 5 aromatic rings. The van der Waals surface area contributed by atoms with Gasteiger partial charge in [0.25, 0.3) is 0 Å². The quantitative estimate of drug-likeness (QED) is 0.0752. The molecule has 4 aromatic carbocycles. The predicted molar refractivity (Wildman–Crippen MR) is 199 cm³/mol. The van der Waals surface area contributed by atoms with E-state index in [1.807, 2.05) is 0 Å². The lowest BCUT2D eigenvalue weighted by Crippen LogP contribution is -2.60. The molecule has 0 aliphatic carbocycles. The second kappa shape index (κ2) is 15.3. The van der Waals surface area contributed by atoms with Gasteiger partial charge < -0.3 is 85.0 Å². The fourth-order valence-electron chi connectivity index (χ4n) is 7.40. The van der Waals surface area contributed by atoms with Gasteiger partial charge in [-0.05, 0) is 17.7 Å². The smallest absolute Gasteiger partial charge is 0.402 e. The molecule has 0 radical (unpaired) electrons. The van der Waals surface area contributed by atoms with Crippen molar-refractivity contribution in [2.45, 2.75) is 62.2 Å². The largest absolute Gasteiger partial charge is 0.507 e. The monoisotopic (exact) mass is 809 g/mol. The maximum atomic E-state index is 11.5. The van der Waals surface area contributed by atoms with E-state index >= 15 is 0 Å². The van der Waals surface area contributed by atoms with E-state index in [9.17, 15) is 61.3 Å². The highest BCUT2D eigenvalue weighted by molar-refractivity contribution is 5.92. The highest BCUT2D eigenvalue weighted by Crippen LogP contribution is 2.54. The van der Waals surface area contributed by atoms with Crippen molar-refractivity contribution in [3.8, 4) is 74.6 Å². The van der Waals surface area contributed by atoms with Crippen molar-refractivity contribution in [2.24, 2.45) is 0 Å². The molecule has 2 aliphatic rings. The van der Waals surface area contributed by atoms with Crippen LogP contribution in [0.1, 0.15) is 41.2 Å². The van der Waals surface area contributed by atoms with Crippen molar-refractivity contribution in [1.82, 2.24) is 0 Å². The highest BCUT2D eigenvalue weighted by Gasteiger charge is 2.46. The Morgan fingerprint density at radius 3 is 2.02 bits per heavy atom. The van der Waals surface area contributed by atoms with Crippen LogP contribution in [-0.2, 0) is 11.2 Å². The zero-order valence-corrected chi connectivity index (χ0v) is 31.0. The molecule has 8 atom stereocenters. The molecule has 0 saturated carbocycles. The third kappa shape index (κ3) is 6.74. The molecule has 18 nitrogen and oxygen atoms in total. The summed E-state index contributed by atoms with van der Waals surface area (Å²) >= 11 is 0. The fourth-order valence-corrected chi connectivity index (χ4v) is 7.40. The number of aliphatic hydroxyl groups is 5. The zero-order chi connectivity index (χ0) is 41.9. The van der Waals surface area contributed by atoms with E-state index in [0.717, 1.165) is 12.1 Å². The summed E-state index contributed by atoms with van der Waals surface area (Å²) in [5.74, 6) is -5.12. The molecule has 0 spiro atoms. The van der Waals surface area contributed by atoms with Gasteiger partial charge in [-0.25, -0.2) is 4.42 Å². The first-order valence-corrected chi connectivity index (χ1v) is 17.8. The average molecular weight is 810 g/mol. The number of aliphatic hydroxyl groups excluding tert-OH is 5. The normalized spacial score (nSPS) is 23.5. The van der Waals surface area contributed by atoms with Crippen molar-refractivity contribution >= 4 is 11.0 Å². The molecular weight excluding hydrogens is 768 g/mol. The zero-order valence-electron chi connectivity index (χ0n) is 31.0. The Morgan fingerprint density at radius 1 is 0.724 bits per heavy atom. The van der Waals surface area contributed by atoms with Crippen molar-refractivity contribution in [2.75, 3.05) is 20.8 Å². The van der Waals surface area contributed by atoms with Gasteiger partial charge in [0.05, 0.1) is 32.5 Å². The third-order valence-electron chi connectivity index (χ3n) is 10.4. The molecule has 308 valence electrons. The van der Waals surface area contributed by atoms with E-state index in [0.29, 0.717) is 0 Å². The van der Waals surface area contributed by atoms with Crippen LogP contribution < -0.4 is 18.9 Å². The van der Waals surface area contributed by atoms with Crippen LogP contribution in [0.5, 0.6) is 63.2 Å². The lowest BCUT2D eigenvalue weighted by Gasteiger charge is -2.39. The number of benzene rings is 4. The molecule has 58 heavy (non-hydrogen) atoms. The predicted octanol–water partition coefficient (Wildman–Crippen LogP) is 2.70. The minimum Gasteiger partial charge on any atom is -0.507 e. The van der Waals surface area contributed by atoms with Gasteiger partial charge in [0.15, 0.2) is 23.0 Å². The summed E-state index contributed by atoms with van der Waals surface area (Å²) in [5, 5.41) is 128. The lowest BCUT2D eigenvalue weighted by atomic mass is 9.85.